The van der Waals surface area contributed by atoms with Crippen molar-refractivity contribution in [3.8, 4) is 0 Å². The van der Waals surface area contributed by atoms with Crippen LogP contribution in [-0.2, 0) is 6.42 Å². The molecule has 0 spiro atoms. The van der Waals surface area contributed by atoms with Crippen molar-refractivity contribution in [3.05, 3.63) is 28.5 Å². The minimum absolute atomic E-state index is 0.0982. The molecule has 0 bridgehead atoms. The number of carbonyl (C=O) groups excluding carboxylic acids is 1. The third-order valence-corrected chi connectivity index (χ3v) is 4.16. The molecule has 1 aliphatic carbocycles. The number of rotatable bonds is 5. The molecule has 20 heavy (non-hydrogen) atoms. The van der Waals surface area contributed by atoms with Gasteiger partial charge in [0.15, 0.2) is 0 Å². The lowest BCUT2D eigenvalue weighted by Crippen LogP contribution is -2.38. The van der Waals surface area contributed by atoms with Crippen LogP contribution in [0.2, 0.25) is 5.15 Å². The zero-order valence-corrected chi connectivity index (χ0v) is 13.1. The summed E-state index contributed by atoms with van der Waals surface area (Å²) in [6, 6.07) is 3.99. The fourth-order valence-corrected chi connectivity index (χ4v) is 3.23. The van der Waals surface area contributed by atoms with E-state index in [0.29, 0.717) is 16.8 Å². The highest BCUT2D eigenvalue weighted by molar-refractivity contribution is 6.29. The topological polar surface area (TPSA) is 33.2 Å². The average Bonchev–Trinajstić information content (AvgIpc) is 2.93. The summed E-state index contributed by atoms with van der Waals surface area (Å²) in [7, 11) is 0. The van der Waals surface area contributed by atoms with Gasteiger partial charge in [0.25, 0.3) is 5.91 Å². The number of carbonyl (C=O) groups is 1. The Bertz CT molecular complexity index is 470. The molecular weight excluding hydrogens is 272 g/mol. The summed E-state index contributed by atoms with van der Waals surface area (Å²) in [5.74, 6) is 0.0982. The van der Waals surface area contributed by atoms with Gasteiger partial charge in [0.1, 0.15) is 5.15 Å². The fourth-order valence-electron chi connectivity index (χ4n) is 3.01. The Labute approximate surface area is 126 Å². The SMILES string of the molecule is CCCc1cc(C(=O)N(CC)C2CCCC2)cc(Cl)n1. The highest BCUT2D eigenvalue weighted by Gasteiger charge is 2.26. The third-order valence-electron chi connectivity index (χ3n) is 3.97. The first-order valence-corrected chi connectivity index (χ1v) is 8.01. The molecule has 1 heterocycles. The molecule has 4 heteroatoms. The molecular formula is C16H23ClN2O. The van der Waals surface area contributed by atoms with E-state index in [1.165, 1.54) is 12.8 Å². The smallest absolute Gasteiger partial charge is 0.254 e. The van der Waals surface area contributed by atoms with Gasteiger partial charge in [-0.1, -0.05) is 37.8 Å². The number of halogens is 1. The highest BCUT2D eigenvalue weighted by Crippen LogP contribution is 2.25. The van der Waals surface area contributed by atoms with Gasteiger partial charge in [-0.15, -0.1) is 0 Å². The summed E-state index contributed by atoms with van der Waals surface area (Å²) in [5, 5.41) is 0.418. The molecule has 2 rings (SSSR count). The molecule has 0 atom stereocenters. The lowest BCUT2D eigenvalue weighted by molar-refractivity contribution is 0.0693. The molecule has 1 fully saturated rings. The number of hydrogen-bond donors (Lipinski definition) is 0. The minimum atomic E-state index is 0.0982. The van der Waals surface area contributed by atoms with Crippen LogP contribution in [0.15, 0.2) is 12.1 Å². The highest BCUT2D eigenvalue weighted by atomic mass is 35.5. The van der Waals surface area contributed by atoms with Crippen molar-refractivity contribution < 1.29 is 4.79 Å². The summed E-state index contributed by atoms with van der Waals surface area (Å²) in [6.07, 6.45) is 6.57. The van der Waals surface area contributed by atoms with E-state index in [1.807, 2.05) is 17.9 Å². The van der Waals surface area contributed by atoms with Crippen LogP contribution in [0.25, 0.3) is 0 Å². The van der Waals surface area contributed by atoms with Crippen LogP contribution in [0.3, 0.4) is 0 Å². The van der Waals surface area contributed by atoms with Gasteiger partial charge < -0.3 is 4.90 Å². The van der Waals surface area contributed by atoms with E-state index in [2.05, 4.69) is 11.9 Å². The third kappa shape index (κ3) is 3.51. The maximum absolute atomic E-state index is 12.7. The molecule has 0 aromatic carbocycles. The lowest BCUT2D eigenvalue weighted by atomic mass is 10.1. The Hall–Kier alpha value is -1.09. The number of aromatic nitrogens is 1. The van der Waals surface area contributed by atoms with Crippen molar-refractivity contribution in [2.75, 3.05) is 6.54 Å². The molecule has 1 amide bonds. The maximum Gasteiger partial charge on any atom is 0.254 e. The van der Waals surface area contributed by atoms with E-state index in [-0.39, 0.29) is 5.91 Å². The number of aryl methyl sites for hydroxylation is 1. The number of nitrogens with zero attached hydrogens (tertiary/aromatic N) is 2. The van der Waals surface area contributed by atoms with Crippen molar-refractivity contribution in [1.29, 1.82) is 0 Å². The van der Waals surface area contributed by atoms with E-state index in [0.717, 1.165) is 37.9 Å². The summed E-state index contributed by atoms with van der Waals surface area (Å²) in [6.45, 7) is 4.90. The van der Waals surface area contributed by atoms with E-state index in [4.69, 9.17) is 11.6 Å². The second-order valence-electron chi connectivity index (χ2n) is 5.45. The summed E-state index contributed by atoms with van der Waals surface area (Å²) in [4.78, 5) is 19.0. The van der Waals surface area contributed by atoms with E-state index in [1.54, 1.807) is 6.07 Å². The van der Waals surface area contributed by atoms with Crippen molar-refractivity contribution in [1.82, 2.24) is 9.88 Å². The van der Waals surface area contributed by atoms with Crippen molar-refractivity contribution in [2.24, 2.45) is 0 Å². The summed E-state index contributed by atoms with van der Waals surface area (Å²) in [5.41, 5.74) is 1.59. The van der Waals surface area contributed by atoms with Gasteiger partial charge in [0.2, 0.25) is 0 Å². The first-order valence-electron chi connectivity index (χ1n) is 7.63. The first-order chi connectivity index (χ1) is 9.65. The van der Waals surface area contributed by atoms with E-state index < -0.39 is 0 Å². The van der Waals surface area contributed by atoms with Crippen LogP contribution in [0.4, 0.5) is 0 Å². The van der Waals surface area contributed by atoms with Gasteiger partial charge in [-0.25, -0.2) is 4.98 Å². The van der Waals surface area contributed by atoms with Gasteiger partial charge in [-0.05, 0) is 38.3 Å². The monoisotopic (exact) mass is 294 g/mol. The quantitative estimate of drug-likeness (QED) is 0.766. The number of hydrogen-bond acceptors (Lipinski definition) is 2. The zero-order valence-electron chi connectivity index (χ0n) is 12.4. The number of amides is 1. The van der Waals surface area contributed by atoms with E-state index >= 15 is 0 Å². The predicted molar refractivity (Wildman–Crippen MR) is 82.2 cm³/mol. The van der Waals surface area contributed by atoms with Crippen molar-refractivity contribution >= 4 is 17.5 Å². The largest absolute Gasteiger partial charge is 0.336 e. The van der Waals surface area contributed by atoms with Gasteiger partial charge in [-0.3, -0.25) is 4.79 Å². The summed E-state index contributed by atoms with van der Waals surface area (Å²) < 4.78 is 0. The molecule has 0 aliphatic heterocycles. The molecule has 0 unspecified atom stereocenters. The fraction of sp³-hybridized carbons (Fsp3) is 0.625. The van der Waals surface area contributed by atoms with Crippen molar-refractivity contribution in [2.45, 2.75) is 58.4 Å². The lowest BCUT2D eigenvalue weighted by Gasteiger charge is -2.28. The number of pyridine rings is 1. The normalized spacial score (nSPS) is 15.6. The Morgan fingerprint density at radius 3 is 2.65 bits per heavy atom. The summed E-state index contributed by atoms with van der Waals surface area (Å²) >= 11 is 6.06. The Morgan fingerprint density at radius 1 is 1.35 bits per heavy atom. The average molecular weight is 295 g/mol. The van der Waals surface area contributed by atoms with Gasteiger partial charge in [0, 0.05) is 23.8 Å². The zero-order chi connectivity index (χ0) is 14.5. The second kappa shape index (κ2) is 7.07. The van der Waals surface area contributed by atoms with Gasteiger partial charge in [0.05, 0.1) is 0 Å². The van der Waals surface area contributed by atoms with Crippen LogP contribution in [0, 0.1) is 0 Å². The molecule has 110 valence electrons. The Balaban J connectivity index is 2.21. The molecule has 1 aromatic rings. The molecule has 1 aliphatic rings. The Morgan fingerprint density at radius 2 is 2.05 bits per heavy atom. The van der Waals surface area contributed by atoms with Crippen LogP contribution in [-0.4, -0.2) is 28.4 Å². The first kappa shape index (κ1) is 15.3. The Kier molecular flexibility index (Phi) is 5.41. The minimum Gasteiger partial charge on any atom is -0.336 e. The van der Waals surface area contributed by atoms with Gasteiger partial charge >= 0.3 is 0 Å². The van der Waals surface area contributed by atoms with Crippen LogP contribution >= 0.6 is 11.6 Å². The van der Waals surface area contributed by atoms with Crippen LogP contribution < -0.4 is 0 Å². The maximum atomic E-state index is 12.7. The second-order valence-corrected chi connectivity index (χ2v) is 5.84. The van der Waals surface area contributed by atoms with Gasteiger partial charge in [-0.2, -0.15) is 0 Å². The van der Waals surface area contributed by atoms with Crippen molar-refractivity contribution in [3.63, 3.8) is 0 Å². The molecule has 3 nitrogen and oxygen atoms in total. The van der Waals surface area contributed by atoms with Crippen LogP contribution in [0.5, 0.6) is 0 Å². The van der Waals surface area contributed by atoms with Crippen LogP contribution in [0.1, 0.15) is 62.0 Å². The molecule has 1 aromatic heterocycles. The molecule has 0 radical (unpaired) electrons. The van der Waals surface area contributed by atoms with E-state index in [9.17, 15) is 4.79 Å². The predicted octanol–water partition coefficient (Wildman–Crippen LogP) is 4.09. The molecule has 0 N–H and O–H groups in total. The standard InChI is InChI=1S/C16H23ClN2O/c1-3-7-13-10-12(11-15(17)18-13)16(20)19(4-2)14-8-5-6-9-14/h10-11,14H,3-9H2,1-2H3. The molecule has 0 saturated heterocycles. The molecule has 1 saturated carbocycles.